The molecule has 3 rings (SSSR count). The van der Waals surface area contributed by atoms with Crippen LogP contribution in [0, 0.1) is 0 Å². The molecule has 130 valence electrons. The van der Waals surface area contributed by atoms with Crippen LogP contribution in [-0.4, -0.2) is 25.1 Å². The van der Waals surface area contributed by atoms with E-state index in [-0.39, 0.29) is 5.91 Å². The molecule has 0 aliphatic carbocycles. The highest BCUT2D eigenvalue weighted by Crippen LogP contribution is 2.34. The minimum Gasteiger partial charge on any atom is -0.493 e. The van der Waals surface area contributed by atoms with Gasteiger partial charge in [-0.15, -0.1) is 0 Å². The Morgan fingerprint density at radius 3 is 2.44 bits per heavy atom. The zero-order valence-corrected chi connectivity index (χ0v) is 14.8. The van der Waals surface area contributed by atoms with E-state index < -0.39 is 0 Å². The molecule has 0 bridgehead atoms. The van der Waals surface area contributed by atoms with Gasteiger partial charge in [-0.3, -0.25) is 4.79 Å². The van der Waals surface area contributed by atoms with Gasteiger partial charge in [0.15, 0.2) is 11.5 Å². The summed E-state index contributed by atoms with van der Waals surface area (Å²) >= 11 is 0. The van der Waals surface area contributed by atoms with Crippen molar-refractivity contribution in [2.75, 3.05) is 19.5 Å². The van der Waals surface area contributed by atoms with Crippen molar-refractivity contribution in [3.05, 3.63) is 53.7 Å². The number of carbonyl (C=O) groups excluding carboxylic acids is 1. The number of H-pyrrole nitrogens is 1. The van der Waals surface area contributed by atoms with Crippen molar-refractivity contribution in [3.8, 4) is 11.5 Å². The third-order valence-corrected chi connectivity index (χ3v) is 4.26. The molecule has 0 aliphatic rings. The zero-order valence-electron chi connectivity index (χ0n) is 14.8. The fourth-order valence-corrected chi connectivity index (χ4v) is 2.94. The van der Waals surface area contributed by atoms with Gasteiger partial charge >= 0.3 is 0 Å². The molecule has 3 aromatic rings. The fraction of sp³-hybridized carbons (Fsp3) is 0.250. The molecule has 0 radical (unpaired) electrons. The number of carbonyl (C=O) groups is 1. The fourth-order valence-electron chi connectivity index (χ4n) is 2.94. The van der Waals surface area contributed by atoms with Crippen LogP contribution in [0.2, 0.25) is 0 Å². The molecule has 2 aromatic carbocycles. The van der Waals surface area contributed by atoms with Crippen LogP contribution < -0.4 is 14.8 Å². The molecule has 25 heavy (non-hydrogen) atoms. The van der Waals surface area contributed by atoms with Gasteiger partial charge in [0.2, 0.25) is 0 Å². The molecular weight excluding hydrogens is 316 g/mol. The standard InChI is InChI=1S/C20H22N2O3/c1-12(2)13-7-5-6-8-16(13)22-20(23)15-11-21-17-10-19(25-4)18(24-3)9-14(15)17/h5-12,21H,1-4H3,(H,22,23). The van der Waals surface area contributed by atoms with Crippen molar-refractivity contribution in [3.63, 3.8) is 0 Å². The summed E-state index contributed by atoms with van der Waals surface area (Å²) in [5.41, 5.74) is 3.32. The minimum absolute atomic E-state index is 0.161. The van der Waals surface area contributed by atoms with E-state index >= 15 is 0 Å². The number of anilines is 1. The average molecular weight is 338 g/mol. The highest BCUT2D eigenvalue weighted by atomic mass is 16.5. The van der Waals surface area contributed by atoms with Crippen LogP contribution in [0.5, 0.6) is 11.5 Å². The Balaban J connectivity index is 1.98. The Morgan fingerprint density at radius 2 is 1.76 bits per heavy atom. The number of ether oxygens (including phenoxy) is 2. The second-order valence-electron chi connectivity index (χ2n) is 6.15. The molecule has 0 spiro atoms. The normalized spacial score (nSPS) is 10.9. The molecule has 5 nitrogen and oxygen atoms in total. The summed E-state index contributed by atoms with van der Waals surface area (Å²) in [6.45, 7) is 4.21. The molecular formula is C20H22N2O3. The number of amides is 1. The van der Waals surface area contributed by atoms with Crippen LogP contribution in [-0.2, 0) is 0 Å². The summed E-state index contributed by atoms with van der Waals surface area (Å²) in [5, 5.41) is 3.81. The Hall–Kier alpha value is -2.95. The third kappa shape index (κ3) is 3.18. The summed E-state index contributed by atoms with van der Waals surface area (Å²) in [6.07, 6.45) is 1.71. The Morgan fingerprint density at radius 1 is 1.08 bits per heavy atom. The number of para-hydroxylation sites is 1. The first kappa shape index (κ1) is 16.9. The smallest absolute Gasteiger partial charge is 0.257 e. The van der Waals surface area contributed by atoms with Gasteiger partial charge in [-0.25, -0.2) is 0 Å². The zero-order chi connectivity index (χ0) is 18.0. The van der Waals surface area contributed by atoms with E-state index in [0.29, 0.717) is 23.0 Å². The maximum atomic E-state index is 12.8. The van der Waals surface area contributed by atoms with E-state index in [4.69, 9.17) is 9.47 Å². The lowest BCUT2D eigenvalue weighted by Gasteiger charge is -2.13. The predicted octanol–water partition coefficient (Wildman–Crippen LogP) is 4.56. The number of nitrogens with one attached hydrogen (secondary N) is 2. The first-order valence-electron chi connectivity index (χ1n) is 8.18. The van der Waals surface area contributed by atoms with Crippen LogP contribution in [0.25, 0.3) is 10.9 Å². The van der Waals surface area contributed by atoms with Gasteiger partial charge in [-0.1, -0.05) is 32.0 Å². The maximum Gasteiger partial charge on any atom is 0.257 e. The monoisotopic (exact) mass is 338 g/mol. The SMILES string of the molecule is COc1cc2[nH]cc(C(=O)Nc3ccccc3C(C)C)c2cc1OC. The van der Waals surface area contributed by atoms with E-state index in [0.717, 1.165) is 22.2 Å². The van der Waals surface area contributed by atoms with Gasteiger partial charge in [0.05, 0.1) is 25.3 Å². The predicted molar refractivity (Wildman–Crippen MR) is 99.9 cm³/mol. The molecule has 0 unspecified atom stereocenters. The summed E-state index contributed by atoms with van der Waals surface area (Å²) in [6, 6.07) is 11.5. The number of hydrogen-bond acceptors (Lipinski definition) is 3. The summed E-state index contributed by atoms with van der Waals surface area (Å²) in [4.78, 5) is 15.9. The number of benzene rings is 2. The maximum absolute atomic E-state index is 12.8. The molecule has 1 amide bonds. The third-order valence-electron chi connectivity index (χ3n) is 4.26. The average Bonchev–Trinajstić information content (AvgIpc) is 3.03. The number of hydrogen-bond donors (Lipinski definition) is 2. The van der Waals surface area contributed by atoms with Crippen LogP contribution in [0.3, 0.4) is 0 Å². The molecule has 0 aliphatic heterocycles. The molecule has 0 saturated heterocycles. The number of fused-ring (bicyclic) bond motifs is 1. The minimum atomic E-state index is -0.161. The van der Waals surface area contributed by atoms with Crippen LogP contribution >= 0.6 is 0 Å². The van der Waals surface area contributed by atoms with Crippen molar-refractivity contribution in [1.82, 2.24) is 4.98 Å². The molecule has 2 N–H and O–H groups in total. The number of aromatic amines is 1. The second-order valence-corrected chi connectivity index (χ2v) is 6.15. The summed E-state index contributed by atoms with van der Waals surface area (Å²) < 4.78 is 10.7. The highest BCUT2D eigenvalue weighted by Gasteiger charge is 2.17. The van der Waals surface area contributed by atoms with Gasteiger partial charge in [0.25, 0.3) is 5.91 Å². The quantitative estimate of drug-likeness (QED) is 0.717. The van der Waals surface area contributed by atoms with Crippen LogP contribution in [0.15, 0.2) is 42.6 Å². The van der Waals surface area contributed by atoms with Crippen molar-refractivity contribution in [2.45, 2.75) is 19.8 Å². The first-order chi connectivity index (χ1) is 12.0. The van der Waals surface area contributed by atoms with Crippen molar-refractivity contribution < 1.29 is 14.3 Å². The lowest BCUT2D eigenvalue weighted by Crippen LogP contribution is -2.13. The van der Waals surface area contributed by atoms with Crippen LogP contribution in [0.1, 0.15) is 35.7 Å². The van der Waals surface area contributed by atoms with Gasteiger partial charge in [-0.05, 0) is 23.6 Å². The van der Waals surface area contributed by atoms with E-state index in [2.05, 4.69) is 24.1 Å². The van der Waals surface area contributed by atoms with E-state index in [1.165, 1.54) is 0 Å². The largest absolute Gasteiger partial charge is 0.493 e. The number of rotatable bonds is 5. The van der Waals surface area contributed by atoms with Crippen molar-refractivity contribution in [1.29, 1.82) is 0 Å². The molecule has 0 fully saturated rings. The van der Waals surface area contributed by atoms with E-state index in [9.17, 15) is 4.79 Å². The van der Waals surface area contributed by atoms with Gasteiger partial charge in [0, 0.05) is 23.3 Å². The van der Waals surface area contributed by atoms with Crippen LogP contribution in [0.4, 0.5) is 5.69 Å². The van der Waals surface area contributed by atoms with Crippen molar-refractivity contribution >= 4 is 22.5 Å². The Kier molecular flexibility index (Phi) is 4.65. The lowest BCUT2D eigenvalue weighted by atomic mass is 10.0. The Labute approximate surface area is 147 Å². The lowest BCUT2D eigenvalue weighted by molar-refractivity contribution is 0.102. The number of methoxy groups -OCH3 is 2. The summed E-state index contributed by atoms with van der Waals surface area (Å²) in [5.74, 6) is 1.37. The van der Waals surface area contributed by atoms with Gasteiger partial charge < -0.3 is 19.8 Å². The number of aromatic nitrogens is 1. The molecule has 0 saturated carbocycles. The highest BCUT2D eigenvalue weighted by molar-refractivity contribution is 6.13. The Bertz CT molecular complexity index is 912. The molecule has 1 aromatic heterocycles. The van der Waals surface area contributed by atoms with Gasteiger partial charge in [0.1, 0.15) is 0 Å². The van der Waals surface area contributed by atoms with Crippen molar-refractivity contribution in [2.24, 2.45) is 0 Å². The van der Waals surface area contributed by atoms with E-state index in [1.54, 1.807) is 20.4 Å². The molecule has 0 atom stereocenters. The topological polar surface area (TPSA) is 63.4 Å². The molecule has 1 heterocycles. The second kappa shape index (κ2) is 6.89. The van der Waals surface area contributed by atoms with Gasteiger partial charge in [-0.2, -0.15) is 0 Å². The first-order valence-corrected chi connectivity index (χ1v) is 8.18. The summed E-state index contributed by atoms with van der Waals surface area (Å²) in [7, 11) is 3.16. The van der Waals surface area contributed by atoms with E-state index in [1.807, 2.05) is 36.4 Å². The molecule has 5 heteroatoms.